The van der Waals surface area contributed by atoms with Crippen LogP contribution in [0.4, 0.5) is 0 Å². The van der Waals surface area contributed by atoms with Gasteiger partial charge < -0.3 is 9.30 Å². The third-order valence-electron chi connectivity index (χ3n) is 3.73. The number of aromatic nitrogens is 2. The minimum Gasteiger partial charge on any atom is -0.497 e. The van der Waals surface area contributed by atoms with Crippen LogP contribution in [-0.2, 0) is 6.42 Å². The predicted octanol–water partition coefficient (Wildman–Crippen LogP) is 3.55. The van der Waals surface area contributed by atoms with Gasteiger partial charge in [-0.15, -0.1) is 11.6 Å². The number of fused-ring (bicyclic) bond motifs is 1. The smallest absolute Gasteiger partial charge is 0.121 e. The van der Waals surface area contributed by atoms with Crippen LogP contribution in [0.2, 0.25) is 0 Å². The molecule has 0 unspecified atom stereocenters. The molecule has 1 saturated carbocycles. The molecule has 0 N–H and O–H groups in total. The van der Waals surface area contributed by atoms with E-state index >= 15 is 0 Å². The Morgan fingerprint density at radius 1 is 1.44 bits per heavy atom. The van der Waals surface area contributed by atoms with E-state index in [1.807, 2.05) is 12.1 Å². The molecule has 0 bridgehead atoms. The lowest BCUT2D eigenvalue weighted by Crippen LogP contribution is -2.19. The van der Waals surface area contributed by atoms with Gasteiger partial charge in [-0.25, -0.2) is 4.98 Å². The zero-order valence-electron chi connectivity index (χ0n) is 10.5. The minimum atomic E-state index is 0.598. The fraction of sp³-hybridized carbons (Fsp3) is 0.500. The van der Waals surface area contributed by atoms with Crippen molar-refractivity contribution in [3.8, 4) is 5.75 Å². The molecule has 1 fully saturated rings. The Balaban J connectivity index is 2.14. The van der Waals surface area contributed by atoms with Gasteiger partial charge in [-0.2, -0.15) is 0 Å². The number of aryl methyl sites for hydroxylation is 1. The average molecular weight is 265 g/mol. The second-order valence-corrected chi connectivity index (χ2v) is 5.15. The van der Waals surface area contributed by atoms with E-state index in [-0.39, 0.29) is 0 Å². The van der Waals surface area contributed by atoms with E-state index in [1.54, 1.807) is 7.11 Å². The van der Waals surface area contributed by atoms with E-state index in [0.29, 0.717) is 11.9 Å². The SMILES string of the molecule is COc1ccc2nc(CCCl)n(C3CCC3)c2c1. The lowest BCUT2D eigenvalue weighted by Gasteiger charge is -2.29. The van der Waals surface area contributed by atoms with Gasteiger partial charge in [0.15, 0.2) is 0 Å². The van der Waals surface area contributed by atoms with E-state index in [0.717, 1.165) is 23.5 Å². The molecule has 4 heteroatoms. The van der Waals surface area contributed by atoms with Crippen molar-refractivity contribution in [3.05, 3.63) is 24.0 Å². The van der Waals surface area contributed by atoms with Crippen LogP contribution >= 0.6 is 11.6 Å². The monoisotopic (exact) mass is 264 g/mol. The van der Waals surface area contributed by atoms with E-state index in [9.17, 15) is 0 Å². The summed E-state index contributed by atoms with van der Waals surface area (Å²) in [6, 6.07) is 6.67. The summed E-state index contributed by atoms with van der Waals surface area (Å²) in [5.74, 6) is 2.62. The lowest BCUT2D eigenvalue weighted by molar-refractivity contribution is 0.313. The third-order valence-corrected chi connectivity index (χ3v) is 3.92. The summed E-state index contributed by atoms with van der Waals surface area (Å²) in [6.45, 7) is 0. The molecule has 3 nitrogen and oxygen atoms in total. The Labute approximate surface area is 112 Å². The number of alkyl halides is 1. The summed E-state index contributed by atoms with van der Waals surface area (Å²) in [7, 11) is 1.70. The van der Waals surface area contributed by atoms with Crippen molar-refractivity contribution < 1.29 is 4.74 Å². The highest BCUT2D eigenvalue weighted by molar-refractivity contribution is 6.17. The molecule has 18 heavy (non-hydrogen) atoms. The quantitative estimate of drug-likeness (QED) is 0.790. The van der Waals surface area contributed by atoms with Gasteiger partial charge in [0, 0.05) is 24.4 Å². The molecule has 0 aliphatic heterocycles. The Morgan fingerprint density at radius 2 is 2.28 bits per heavy atom. The molecular weight excluding hydrogens is 248 g/mol. The molecule has 0 saturated heterocycles. The highest BCUT2D eigenvalue weighted by atomic mass is 35.5. The fourth-order valence-corrected chi connectivity index (χ4v) is 2.73. The van der Waals surface area contributed by atoms with Crippen LogP contribution in [0, 0.1) is 0 Å². The molecule has 1 aliphatic rings. The molecule has 3 rings (SSSR count). The zero-order chi connectivity index (χ0) is 12.5. The number of imidazole rings is 1. The van der Waals surface area contributed by atoms with Crippen molar-refractivity contribution >= 4 is 22.6 Å². The highest BCUT2D eigenvalue weighted by Crippen LogP contribution is 2.36. The molecule has 1 aromatic carbocycles. The van der Waals surface area contributed by atoms with Gasteiger partial charge in [-0.1, -0.05) is 0 Å². The molecule has 0 radical (unpaired) electrons. The summed E-state index contributed by atoms with van der Waals surface area (Å²) < 4.78 is 7.68. The number of nitrogens with zero attached hydrogens (tertiary/aromatic N) is 2. The Kier molecular flexibility index (Phi) is 3.16. The number of benzene rings is 1. The molecule has 0 amide bonds. The first-order valence-electron chi connectivity index (χ1n) is 6.44. The van der Waals surface area contributed by atoms with Crippen molar-refractivity contribution in [2.24, 2.45) is 0 Å². The Bertz CT molecular complexity index is 560. The summed E-state index contributed by atoms with van der Waals surface area (Å²) in [5.41, 5.74) is 2.22. The third kappa shape index (κ3) is 1.87. The number of hydrogen-bond donors (Lipinski definition) is 0. The maximum Gasteiger partial charge on any atom is 0.121 e. The standard InChI is InChI=1S/C14H17ClN2O/c1-18-11-5-6-12-13(9-11)17(10-3-2-4-10)14(16-12)7-8-15/h5-6,9-10H,2-4,7-8H2,1H3. The summed E-state index contributed by atoms with van der Waals surface area (Å²) >= 11 is 5.88. The second kappa shape index (κ2) is 4.81. The van der Waals surface area contributed by atoms with Gasteiger partial charge in [-0.05, 0) is 31.4 Å². The van der Waals surface area contributed by atoms with E-state index < -0.39 is 0 Å². The first-order valence-corrected chi connectivity index (χ1v) is 6.97. The van der Waals surface area contributed by atoms with Gasteiger partial charge in [-0.3, -0.25) is 0 Å². The normalized spacial score (nSPS) is 15.9. The first-order chi connectivity index (χ1) is 8.83. The number of methoxy groups -OCH3 is 1. The van der Waals surface area contributed by atoms with Crippen molar-refractivity contribution in [2.75, 3.05) is 13.0 Å². The molecule has 1 aromatic heterocycles. The van der Waals surface area contributed by atoms with Crippen molar-refractivity contribution in [1.29, 1.82) is 0 Å². The second-order valence-electron chi connectivity index (χ2n) is 4.78. The van der Waals surface area contributed by atoms with Crippen LogP contribution in [0.5, 0.6) is 5.75 Å². The summed E-state index contributed by atoms with van der Waals surface area (Å²) in [4.78, 5) is 4.70. The number of halogens is 1. The van der Waals surface area contributed by atoms with Crippen molar-refractivity contribution in [1.82, 2.24) is 9.55 Å². The van der Waals surface area contributed by atoms with Crippen molar-refractivity contribution in [2.45, 2.75) is 31.7 Å². The minimum absolute atomic E-state index is 0.598. The van der Waals surface area contributed by atoms with Crippen LogP contribution < -0.4 is 4.74 Å². The number of rotatable bonds is 4. The molecule has 96 valence electrons. The molecule has 0 atom stereocenters. The molecule has 0 spiro atoms. The highest BCUT2D eigenvalue weighted by Gasteiger charge is 2.24. The summed E-state index contributed by atoms with van der Waals surface area (Å²) in [6.07, 6.45) is 4.64. The Morgan fingerprint density at radius 3 is 2.89 bits per heavy atom. The number of ether oxygens (including phenoxy) is 1. The Hall–Kier alpha value is -1.22. The van der Waals surface area contributed by atoms with E-state index in [4.69, 9.17) is 21.3 Å². The first kappa shape index (κ1) is 11.8. The van der Waals surface area contributed by atoms with Crippen LogP contribution in [0.25, 0.3) is 11.0 Å². The zero-order valence-corrected chi connectivity index (χ0v) is 11.3. The molecule has 1 heterocycles. The van der Waals surface area contributed by atoms with Gasteiger partial charge in [0.05, 0.1) is 18.1 Å². The van der Waals surface area contributed by atoms with E-state index in [1.165, 1.54) is 24.8 Å². The topological polar surface area (TPSA) is 27.1 Å². The lowest BCUT2D eigenvalue weighted by atomic mass is 9.92. The fourth-order valence-electron chi connectivity index (χ4n) is 2.56. The van der Waals surface area contributed by atoms with Crippen LogP contribution in [-0.4, -0.2) is 22.5 Å². The van der Waals surface area contributed by atoms with Crippen LogP contribution in [0.1, 0.15) is 31.1 Å². The number of hydrogen-bond acceptors (Lipinski definition) is 2. The predicted molar refractivity (Wildman–Crippen MR) is 73.6 cm³/mol. The maximum absolute atomic E-state index is 5.88. The van der Waals surface area contributed by atoms with Crippen molar-refractivity contribution in [3.63, 3.8) is 0 Å². The largest absolute Gasteiger partial charge is 0.497 e. The van der Waals surface area contributed by atoms with E-state index in [2.05, 4.69) is 10.6 Å². The van der Waals surface area contributed by atoms with Gasteiger partial charge >= 0.3 is 0 Å². The van der Waals surface area contributed by atoms with Gasteiger partial charge in [0.2, 0.25) is 0 Å². The molecular formula is C14H17ClN2O. The average Bonchev–Trinajstić information content (AvgIpc) is 2.66. The molecule has 2 aromatic rings. The summed E-state index contributed by atoms with van der Waals surface area (Å²) in [5, 5.41) is 0. The van der Waals surface area contributed by atoms with Gasteiger partial charge in [0.1, 0.15) is 11.6 Å². The molecule has 1 aliphatic carbocycles. The van der Waals surface area contributed by atoms with Crippen LogP contribution in [0.3, 0.4) is 0 Å². The maximum atomic E-state index is 5.88. The van der Waals surface area contributed by atoms with Crippen LogP contribution in [0.15, 0.2) is 18.2 Å². The van der Waals surface area contributed by atoms with Gasteiger partial charge in [0.25, 0.3) is 0 Å².